The second kappa shape index (κ2) is 32.4. The number of carbonyl (C=O) groups is 7. The number of hydrogen-bond donors (Lipinski definition) is 15. The molecule has 2 bridgehead atoms. The number of aryl methyl sites for hydroxylation is 2. The number of H-pyrrole nitrogens is 2. The van der Waals surface area contributed by atoms with Gasteiger partial charge in [-0.2, -0.15) is 4.98 Å². The zero-order chi connectivity index (χ0) is 78.2. The van der Waals surface area contributed by atoms with Crippen molar-refractivity contribution in [3.63, 3.8) is 0 Å². The second-order valence-electron chi connectivity index (χ2n) is 30.2. The molecule has 3 aromatic carbocycles. The number of methoxy groups -OCH3 is 1. The minimum Gasteiger partial charge on any atom is -0.496 e. The highest BCUT2D eigenvalue weighted by Crippen LogP contribution is 2.68. The Morgan fingerprint density at radius 1 is 0.872 bits per heavy atom. The van der Waals surface area contributed by atoms with E-state index in [-0.39, 0.29) is 46.7 Å². The highest BCUT2D eigenvalue weighted by Gasteiger charge is 2.79. The van der Waals surface area contributed by atoms with Crippen LogP contribution in [-0.2, 0) is 58.8 Å². The van der Waals surface area contributed by atoms with Crippen LogP contribution in [0.2, 0.25) is 0 Å². The topological polar surface area (TPSA) is 479 Å². The quantitative estimate of drug-likeness (QED) is 0.0101. The number of Topliss-reactive ketones (excluding diaryl/α,β-unsaturated/α-hetero) is 2. The standard InChI is InChI=1S/C76H96N12O19S2/c1-6-73(104)34-41-33-72(3,61-47(21-25-87(36-41)39-73)46-11-8-9-12-50(46)80-61)49-31-48-51(32-55(49)106-5)86(4)67-75(48)23-26-88-24-10-22-74(7-2,66(75)88)68(101)76(67,105)69(102)84-85-71(103)107-27-28-108-109-38-44(65(99)100)30-53(91)57(60(95)59(94)54(92)37-89)81-56(93)20-18-43(64(97)98)29-52(90)42-16-13-40(14-17-42)15-19-45-35-78-62-58(79-45)63(96)83-70(77)82-62/h8-14,16-17,22,31-32,35,41,43-44,54,57,59-60,66-68,80,89,92,94-95,101,104-105H,6-7,15,18-21,23-30,33-34,36-39H2,1-5H3,(H,81,93)(H,84,102)(H,85,103)(H,97,98)(H,99,100)(H3,77,78,82,83,96)/t41-,43+,44-,54+,57+,59+,60+,66-,67+,68+,72+,73?,74+,75+,76-/m0/s1. The van der Waals surface area contributed by atoms with Crippen molar-refractivity contribution in [2.24, 2.45) is 23.2 Å². The summed E-state index contributed by atoms with van der Waals surface area (Å²) in [6, 6.07) is 15.3. The number of carboxylic acids is 2. The van der Waals surface area contributed by atoms with E-state index in [1.165, 1.54) is 23.9 Å². The van der Waals surface area contributed by atoms with Gasteiger partial charge in [-0.05, 0) is 106 Å². The molecule has 16 atom stereocenters. The summed E-state index contributed by atoms with van der Waals surface area (Å²) >= 11 is 0. The molecule has 5 aliphatic heterocycles. The molecule has 109 heavy (non-hydrogen) atoms. The van der Waals surface area contributed by atoms with Crippen LogP contribution in [0.3, 0.4) is 0 Å². The van der Waals surface area contributed by atoms with Crippen LogP contribution in [0.1, 0.15) is 123 Å². The molecule has 16 N–H and O–H groups in total. The van der Waals surface area contributed by atoms with Crippen LogP contribution in [0.15, 0.2) is 83.8 Å². The molecule has 586 valence electrons. The molecule has 2 unspecified atom stereocenters. The summed E-state index contributed by atoms with van der Waals surface area (Å²) in [6.45, 7) is 8.14. The number of para-hydroxylation sites is 1. The maximum atomic E-state index is 15.2. The maximum absolute atomic E-state index is 15.2. The number of aromatic nitrogens is 5. The molecular weight excluding hydrogens is 1450 g/mol. The van der Waals surface area contributed by atoms with Crippen molar-refractivity contribution in [3.05, 3.63) is 129 Å². The number of nitrogens with two attached hydrogens (primary N) is 1. The van der Waals surface area contributed by atoms with Gasteiger partial charge in [0.15, 0.2) is 28.3 Å². The number of aliphatic hydroxyl groups excluding tert-OH is 5. The Hall–Kier alpha value is -8.61. The number of carbonyl (C=O) groups excluding carboxylic acids is 5. The van der Waals surface area contributed by atoms with Gasteiger partial charge >= 0.3 is 18.0 Å². The van der Waals surface area contributed by atoms with Gasteiger partial charge in [-0.25, -0.2) is 20.2 Å². The molecule has 2 saturated heterocycles. The van der Waals surface area contributed by atoms with Crippen molar-refractivity contribution in [2.75, 3.05) is 82.2 Å². The lowest BCUT2D eigenvalue weighted by Gasteiger charge is -2.63. The number of piperidine rings is 1. The summed E-state index contributed by atoms with van der Waals surface area (Å²) in [4.78, 5) is 132. The van der Waals surface area contributed by atoms with Gasteiger partial charge in [0.05, 0.1) is 49.1 Å². The number of rotatable bonds is 30. The first kappa shape index (κ1) is 79.9. The maximum Gasteiger partial charge on any atom is 0.426 e. The number of aliphatic hydroxyl groups is 7. The van der Waals surface area contributed by atoms with Crippen LogP contribution in [0.25, 0.3) is 22.1 Å². The molecule has 31 nitrogen and oxygen atoms in total. The lowest BCUT2D eigenvalue weighted by atomic mass is 9.47. The number of hydrazine groups is 1. The average Bonchev–Trinajstić information content (AvgIpc) is 1.49. The van der Waals surface area contributed by atoms with Crippen LogP contribution in [0.5, 0.6) is 5.75 Å². The molecule has 12 rings (SSSR count). The molecule has 6 aromatic rings. The number of fused-ring (bicyclic) bond motifs is 7. The molecule has 3 aromatic heterocycles. The van der Waals surface area contributed by atoms with Gasteiger partial charge in [-0.1, -0.05) is 90.1 Å². The van der Waals surface area contributed by atoms with E-state index in [4.69, 9.17) is 15.2 Å². The minimum absolute atomic E-state index is 0.0190. The normalized spacial score (nSPS) is 27.1. The molecule has 3 amide bonds. The Labute approximate surface area is 635 Å². The van der Waals surface area contributed by atoms with Crippen molar-refractivity contribution in [1.82, 2.24) is 50.9 Å². The van der Waals surface area contributed by atoms with Crippen LogP contribution in [0.4, 0.5) is 16.4 Å². The number of nitrogen functional groups attached to an aromatic ring is 1. The fourth-order valence-electron chi connectivity index (χ4n) is 18.4. The number of aromatic amines is 2. The van der Waals surface area contributed by atoms with Gasteiger partial charge in [0.25, 0.3) is 11.5 Å². The van der Waals surface area contributed by atoms with E-state index in [9.17, 15) is 79.5 Å². The third-order valence-corrected chi connectivity index (χ3v) is 26.2. The first-order chi connectivity index (χ1) is 52.0. The van der Waals surface area contributed by atoms with Crippen molar-refractivity contribution >= 4 is 96.7 Å². The predicted molar refractivity (Wildman–Crippen MR) is 403 cm³/mol. The van der Waals surface area contributed by atoms with E-state index >= 15 is 4.79 Å². The lowest BCUT2D eigenvalue weighted by Crippen LogP contribution is -2.82. The highest BCUT2D eigenvalue weighted by molar-refractivity contribution is 8.76. The van der Waals surface area contributed by atoms with Crippen molar-refractivity contribution < 1.29 is 89.0 Å². The molecule has 0 radical (unpaired) electrons. The van der Waals surface area contributed by atoms with Crippen LogP contribution < -0.4 is 37.1 Å². The molecule has 1 aliphatic carbocycles. The van der Waals surface area contributed by atoms with Gasteiger partial charge < -0.3 is 76.4 Å². The summed E-state index contributed by atoms with van der Waals surface area (Å²) in [5.41, 5.74) is 10.6. The number of ketones is 2. The average molecular weight is 1550 g/mol. The highest BCUT2D eigenvalue weighted by atomic mass is 33.1. The van der Waals surface area contributed by atoms with Gasteiger partial charge in [-0.3, -0.25) is 53.8 Å². The van der Waals surface area contributed by atoms with Crippen molar-refractivity contribution in [1.29, 1.82) is 0 Å². The molecule has 3 fully saturated rings. The molecule has 1 spiro atoms. The van der Waals surface area contributed by atoms with Gasteiger partial charge in [0, 0.05) is 126 Å². The third-order valence-electron chi connectivity index (χ3n) is 23.7. The van der Waals surface area contributed by atoms with E-state index in [2.05, 4.69) is 76.0 Å². The van der Waals surface area contributed by atoms with E-state index in [0.29, 0.717) is 81.7 Å². The van der Waals surface area contributed by atoms with E-state index in [0.717, 1.165) is 74.4 Å². The Morgan fingerprint density at radius 3 is 2.34 bits per heavy atom. The van der Waals surface area contributed by atoms with Gasteiger partial charge in [0.1, 0.15) is 42.8 Å². The molecular formula is C76H96N12O19S2. The number of likely N-dealkylation sites (N-methyl/N-ethyl adjacent to an activating group) is 1. The Bertz CT molecular complexity index is 4550. The number of carboxylic acid groups (broad SMARTS) is 2. The number of nitrogens with one attached hydrogen (secondary N) is 5. The molecule has 1 saturated carbocycles. The SMILES string of the molecule is CCC1(O)C[C@H]2CN(CCc3c([nH]c4ccccc34)[C@@](C)(c3cc4c(cc3OC)N(C)[C@H]3[C@@](O)(C(=O)NNC(=O)OCCSSC[C@H](CC(=O)[C@@H](NC(=O)CC[C@H](CC(=O)c5ccc(CCc6cnc7nc(N)[nH]c(=O)c7n6)cc5)C(=O)O)[C@@H](O)[C@H](O)[C@H](O)CO)C(=O)O)[C@H](O)[C@]5(CC)C=CCN6CC[C@]43[C@@H]65)C2)C1. The van der Waals surface area contributed by atoms with E-state index in [1.807, 2.05) is 49.1 Å². The summed E-state index contributed by atoms with van der Waals surface area (Å²) in [7, 11) is 5.43. The first-order valence-corrected chi connectivity index (χ1v) is 39.3. The van der Waals surface area contributed by atoms with E-state index in [1.54, 1.807) is 26.3 Å². The van der Waals surface area contributed by atoms with Crippen LogP contribution in [-0.4, -0.2) is 247 Å². The molecule has 33 heteroatoms. The minimum atomic E-state index is -2.60. The smallest absolute Gasteiger partial charge is 0.426 e. The van der Waals surface area contributed by atoms with Crippen LogP contribution >= 0.6 is 21.6 Å². The molecule has 6 aliphatic rings. The fourth-order valence-corrected chi connectivity index (χ4v) is 20.5. The summed E-state index contributed by atoms with van der Waals surface area (Å²) in [5, 5.41) is 104. The number of benzene rings is 3. The number of aliphatic carboxylic acids is 2. The predicted octanol–water partition coefficient (Wildman–Crippen LogP) is 2.60. The van der Waals surface area contributed by atoms with Gasteiger partial charge in [0.2, 0.25) is 11.9 Å². The Balaban J connectivity index is 0.669. The number of amides is 3. The number of anilines is 2. The second-order valence-corrected chi connectivity index (χ2v) is 32.9. The van der Waals surface area contributed by atoms with E-state index < -0.39 is 161 Å². The van der Waals surface area contributed by atoms with Crippen LogP contribution in [0, 0.1) is 23.2 Å². The zero-order valence-corrected chi connectivity index (χ0v) is 62.9. The number of ether oxygens (including phenoxy) is 2. The lowest BCUT2D eigenvalue weighted by molar-refractivity contribution is -0.204. The molecule has 8 heterocycles. The summed E-state index contributed by atoms with van der Waals surface area (Å²) in [6.07, 6.45) is -2.31. The van der Waals surface area contributed by atoms with Crippen molar-refractivity contribution in [2.45, 2.75) is 162 Å². The largest absolute Gasteiger partial charge is 0.496 e. The Morgan fingerprint density at radius 2 is 1.62 bits per heavy atom. The summed E-state index contributed by atoms with van der Waals surface area (Å²) < 4.78 is 11.9. The van der Waals surface area contributed by atoms with Crippen molar-refractivity contribution in [3.8, 4) is 5.75 Å². The van der Waals surface area contributed by atoms with Gasteiger partial charge in [-0.15, -0.1) is 0 Å². The third kappa shape index (κ3) is 15.3. The monoisotopic (exact) mass is 1540 g/mol. The number of hydrogen-bond acceptors (Lipinski definition) is 26. The first-order valence-electron chi connectivity index (χ1n) is 36.8. The zero-order valence-electron chi connectivity index (χ0n) is 61.3. The summed E-state index contributed by atoms with van der Waals surface area (Å²) in [5.74, 6) is -9.32. The number of nitrogens with zero attached hydrogens (tertiary/aromatic N) is 6. The Kier molecular flexibility index (Phi) is 23.7. The fraction of sp³-hybridized carbons (Fsp3) is 0.539.